The van der Waals surface area contributed by atoms with E-state index in [2.05, 4.69) is 0 Å². The molecule has 0 aliphatic rings. The largest absolute Gasteiger partial charge is 2.00 e. The summed E-state index contributed by atoms with van der Waals surface area (Å²) in [6.07, 6.45) is 0. The standard InChI is InChI=1S/Ca.H2O3S.Zn.2H/c;1-4(2)3;;;/h;(H2,1,2,3);;;/q+2;;;2*-1. The summed E-state index contributed by atoms with van der Waals surface area (Å²) in [5, 5.41) is 0. The van der Waals surface area contributed by atoms with Gasteiger partial charge in [0.25, 0.3) is 11.4 Å². The van der Waals surface area contributed by atoms with Crippen LogP contribution in [0.25, 0.3) is 0 Å². The van der Waals surface area contributed by atoms with Gasteiger partial charge in [0.1, 0.15) is 0 Å². The Morgan fingerprint density at radius 2 is 1.50 bits per heavy atom. The summed E-state index contributed by atoms with van der Waals surface area (Å²) in [5.74, 6) is 0. The van der Waals surface area contributed by atoms with Crippen molar-refractivity contribution >= 4 is 49.1 Å². The molecule has 6 heteroatoms. The molecule has 0 aliphatic heterocycles. The summed E-state index contributed by atoms with van der Waals surface area (Å²) >= 11 is -2.61. The van der Waals surface area contributed by atoms with Crippen LogP contribution < -0.4 is 0 Å². The van der Waals surface area contributed by atoms with E-state index in [4.69, 9.17) is 13.3 Å². The predicted octanol–water partition coefficient (Wildman–Crippen LogP) is -0.477. The van der Waals surface area contributed by atoms with Gasteiger partial charge in [-0.2, -0.15) is 4.21 Å². The molecule has 0 aromatic rings. The quantitative estimate of drug-likeness (QED) is 0.400. The van der Waals surface area contributed by atoms with Gasteiger partial charge in [-0.3, -0.25) is 9.11 Å². The average Bonchev–Trinajstić information content (AvgIpc) is 0.811. The molecule has 0 spiro atoms. The maximum atomic E-state index is 8.67. The van der Waals surface area contributed by atoms with Crippen LogP contribution >= 0.6 is 0 Å². The van der Waals surface area contributed by atoms with E-state index in [0.717, 1.165) is 0 Å². The van der Waals surface area contributed by atoms with Crippen LogP contribution in [0, 0.1) is 0 Å². The molecule has 32 valence electrons. The molecule has 0 aromatic heterocycles. The van der Waals surface area contributed by atoms with E-state index in [9.17, 15) is 0 Å². The second-order valence-electron chi connectivity index (χ2n) is 0.231. The fourth-order valence-electron chi connectivity index (χ4n) is 0. The average molecular weight is 190 g/mol. The maximum absolute atomic E-state index is 8.67. The molecule has 0 amide bonds. The molecule has 0 saturated carbocycles. The summed E-state index contributed by atoms with van der Waals surface area (Å²) in [5.41, 5.74) is 0. The number of rotatable bonds is 0. The van der Waals surface area contributed by atoms with Crippen LogP contribution in [0.4, 0.5) is 0 Å². The number of hydrogen-bond acceptors (Lipinski definition) is 1. The Labute approximate surface area is 83.7 Å². The van der Waals surface area contributed by atoms with E-state index in [0.29, 0.717) is 0 Å². The van der Waals surface area contributed by atoms with Gasteiger partial charge < -0.3 is 2.85 Å². The Bertz CT molecular complexity index is 40.3. The first-order chi connectivity index (χ1) is 1.73. The van der Waals surface area contributed by atoms with Gasteiger partial charge in [0.2, 0.25) is 0 Å². The second kappa shape index (κ2) is 10.0. The van der Waals surface area contributed by atoms with Crippen molar-refractivity contribution in [1.82, 2.24) is 0 Å². The van der Waals surface area contributed by atoms with Crippen molar-refractivity contribution in [1.29, 1.82) is 0 Å². The predicted molar refractivity (Wildman–Crippen MR) is 21.4 cm³/mol. The third kappa shape index (κ3) is 38.3. The third-order valence-corrected chi connectivity index (χ3v) is 0. The molecular weight excluding hydrogens is 186 g/mol. The molecular formula is H4CaO3SZn. The van der Waals surface area contributed by atoms with Crippen molar-refractivity contribution in [2.45, 2.75) is 0 Å². The van der Waals surface area contributed by atoms with Gasteiger partial charge >= 0.3 is 37.7 Å². The second-order valence-corrected chi connectivity index (χ2v) is 0.692. The Morgan fingerprint density at radius 3 is 1.50 bits per heavy atom. The van der Waals surface area contributed by atoms with Gasteiger partial charge in [0.15, 0.2) is 0 Å². The minimum absolute atomic E-state index is 0. The molecule has 0 bridgehead atoms. The molecule has 0 heterocycles. The molecule has 0 radical (unpaired) electrons. The van der Waals surface area contributed by atoms with Crippen LogP contribution in [0.2, 0.25) is 0 Å². The summed E-state index contributed by atoms with van der Waals surface area (Å²) < 4.78 is 22.8. The first-order valence-corrected chi connectivity index (χ1v) is 1.60. The van der Waals surface area contributed by atoms with Crippen molar-refractivity contribution in [2.24, 2.45) is 0 Å². The van der Waals surface area contributed by atoms with Crippen molar-refractivity contribution in [2.75, 3.05) is 0 Å². The number of hydrogen-bond donors (Lipinski definition) is 2. The topological polar surface area (TPSA) is 57.5 Å². The van der Waals surface area contributed by atoms with Gasteiger partial charge in [-0.15, -0.1) is 0 Å². The van der Waals surface area contributed by atoms with Gasteiger partial charge in [-0.05, 0) is 0 Å². The summed E-state index contributed by atoms with van der Waals surface area (Å²) in [4.78, 5) is 0. The van der Waals surface area contributed by atoms with Crippen molar-refractivity contribution < 1.29 is 35.6 Å². The maximum Gasteiger partial charge on any atom is 2.00 e. The van der Waals surface area contributed by atoms with Crippen LogP contribution in [0.3, 0.4) is 0 Å². The van der Waals surface area contributed by atoms with E-state index in [1.807, 2.05) is 0 Å². The van der Waals surface area contributed by atoms with E-state index in [1.165, 1.54) is 0 Å². The Morgan fingerprint density at radius 1 is 1.50 bits per heavy atom. The normalized spacial score (nSPS) is 5.83. The molecule has 0 unspecified atom stereocenters. The Balaban J connectivity index is -0.00000000750. The van der Waals surface area contributed by atoms with Gasteiger partial charge in [-0.25, -0.2) is 0 Å². The van der Waals surface area contributed by atoms with Crippen LogP contribution in [0.15, 0.2) is 0 Å². The zero-order valence-corrected chi connectivity index (χ0v) is 9.12. The molecule has 0 saturated heterocycles. The van der Waals surface area contributed by atoms with Gasteiger partial charge in [0.05, 0.1) is 0 Å². The summed E-state index contributed by atoms with van der Waals surface area (Å²) in [6, 6.07) is 0. The minimum atomic E-state index is -2.61. The van der Waals surface area contributed by atoms with E-state index in [1.54, 1.807) is 0 Å². The van der Waals surface area contributed by atoms with Crippen LogP contribution in [0.1, 0.15) is 2.85 Å². The molecule has 0 atom stereocenters. The van der Waals surface area contributed by atoms with Crippen LogP contribution in [0.5, 0.6) is 0 Å². The summed E-state index contributed by atoms with van der Waals surface area (Å²) in [6.45, 7) is 0. The molecule has 0 fully saturated rings. The fraction of sp³-hybridized carbons (Fsp3) is 0. The van der Waals surface area contributed by atoms with E-state index >= 15 is 0 Å². The van der Waals surface area contributed by atoms with E-state index < -0.39 is 11.4 Å². The molecule has 0 aliphatic carbocycles. The molecule has 3 nitrogen and oxygen atoms in total. The van der Waals surface area contributed by atoms with E-state index in [-0.39, 0.29) is 60.1 Å². The Hall–Kier alpha value is 1.95. The zero-order valence-electron chi connectivity index (χ0n) is 5.13. The third-order valence-electron chi connectivity index (χ3n) is 0. The minimum Gasteiger partial charge on any atom is -1.00 e. The monoisotopic (exact) mass is 188 g/mol. The summed E-state index contributed by atoms with van der Waals surface area (Å²) in [7, 11) is 0. The van der Waals surface area contributed by atoms with Crippen molar-refractivity contribution in [3.63, 3.8) is 0 Å². The van der Waals surface area contributed by atoms with Gasteiger partial charge in [0, 0.05) is 19.5 Å². The first kappa shape index (κ1) is 15.7. The first-order valence-electron chi connectivity index (χ1n) is 0.532. The smallest absolute Gasteiger partial charge is 1.00 e. The van der Waals surface area contributed by atoms with Crippen molar-refractivity contribution in [3.8, 4) is 0 Å². The molecule has 6 heavy (non-hydrogen) atoms. The molecule has 2 N–H and O–H groups in total. The fourth-order valence-corrected chi connectivity index (χ4v) is 0. The van der Waals surface area contributed by atoms with Gasteiger partial charge in [-0.1, -0.05) is 0 Å². The molecule has 0 aromatic carbocycles. The molecule has 0 rings (SSSR count). The van der Waals surface area contributed by atoms with Crippen LogP contribution in [-0.2, 0) is 30.8 Å². The Kier molecular flexibility index (Phi) is 26.2. The SMILES string of the molecule is O=S(O)O.[Ca+2].[H-].[H-].[Zn]. The van der Waals surface area contributed by atoms with Crippen molar-refractivity contribution in [3.05, 3.63) is 0 Å². The zero-order chi connectivity index (χ0) is 3.58. The van der Waals surface area contributed by atoms with Crippen LogP contribution in [-0.4, -0.2) is 51.1 Å².